The molecule has 0 bridgehead atoms. The number of nitrogens with one attached hydrogen (secondary N) is 2. The number of hydrogen-bond acceptors (Lipinski definition) is 8. The number of piperidine rings is 3. The van der Waals surface area contributed by atoms with Gasteiger partial charge in [0.2, 0.25) is 17.8 Å². The average Bonchev–Trinajstić information content (AvgIpc) is 3.37. The normalized spacial score (nSPS) is 23.5. The quantitative estimate of drug-likeness (QED) is 0.353. The number of alkyl halides is 2. The lowest BCUT2D eigenvalue weighted by atomic mass is 9.85. The summed E-state index contributed by atoms with van der Waals surface area (Å²) in [6, 6.07) is 12.7. The molecule has 0 aliphatic carbocycles. The van der Waals surface area contributed by atoms with Gasteiger partial charge in [-0.15, -0.1) is 0 Å². The third-order valence-electron chi connectivity index (χ3n) is 9.78. The number of amides is 3. The minimum atomic E-state index is -2.95. The lowest BCUT2D eigenvalue weighted by molar-refractivity contribution is -0.136. The van der Waals surface area contributed by atoms with E-state index in [1.54, 1.807) is 30.6 Å². The maximum atomic E-state index is 15.7. The number of aromatic nitrogens is 2. The molecule has 13 heteroatoms. The Labute approximate surface area is 276 Å². The van der Waals surface area contributed by atoms with E-state index >= 15 is 8.78 Å². The fraction of sp³-hybridized carbons (Fsp3) is 0.441. The second-order valence-electron chi connectivity index (χ2n) is 12.9. The summed E-state index contributed by atoms with van der Waals surface area (Å²) in [7, 11) is 0. The summed E-state index contributed by atoms with van der Waals surface area (Å²) in [5.74, 6) is -4.48. The lowest BCUT2D eigenvalue weighted by Gasteiger charge is -2.39. The van der Waals surface area contributed by atoms with Gasteiger partial charge in [0.05, 0.1) is 29.9 Å². The summed E-state index contributed by atoms with van der Waals surface area (Å²) in [6.07, 6.45) is 5.75. The number of carbonyl (C=O) groups is 3. The first-order valence-corrected chi connectivity index (χ1v) is 16.5. The van der Waals surface area contributed by atoms with Crippen LogP contribution in [0.15, 0.2) is 54.9 Å². The molecule has 1 unspecified atom stereocenters. The molecule has 0 spiro atoms. The van der Waals surface area contributed by atoms with E-state index in [-0.39, 0.29) is 43.8 Å². The Morgan fingerprint density at radius 2 is 1.70 bits per heavy atom. The molecule has 47 heavy (non-hydrogen) atoms. The van der Waals surface area contributed by atoms with Crippen molar-refractivity contribution in [2.45, 2.75) is 69.1 Å². The summed E-state index contributed by atoms with van der Waals surface area (Å²) < 4.78 is 31.3. The minimum Gasteiger partial charge on any atom is -0.371 e. The summed E-state index contributed by atoms with van der Waals surface area (Å²) in [5, 5.41) is 6.17. The van der Waals surface area contributed by atoms with Gasteiger partial charge in [-0.25, -0.2) is 18.7 Å². The van der Waals surface area contributed by atoms with Gasteiger partial charge in [0, 0.05) is 49.9 Å². The van der Waals surface area contributed by atoms with Crippen LogP contribution in [0.3, 0.4) is 0 Å². The number of likely N-dealkylation sites (tertiary alicyclic amines) is 1. The number of fused-ring (bicyclic) bond motifs is 1. The molecule has 0 saturated carbocycles. The van der Waals surface area contributed by atoms with E-state index in [2.05, 4.69) is 37.6 Å². The third-order valence-corrected chi connectivity index (χ3v) is 9.98. The highest BCUT2D eigenvalue weighted by Crippen LogP contribution is 2.42. The molecule has 1 aromatic heterocycles. The van der Waals surface area contributed by atoms with Crippen LogP contribution in [0, 0.1) is 0 Å². The molecule has 2 N–H and O–H groups in total. The zero-order chi connectivity index (χ0) is 32.7. The molecule has 3 fully saturated rings. The largest absolute Gasteiger partial charge is 0.371 e. The third kappa shape index (κ3) is 6.66. The highest BCUT2D eigenvalue weighted by molar-refractivity contribution is 6.30. The number of carbonyl (C=O) groups excluding carboxylic acids is 3. The Hall–Kier alpha value is -4.16. The van der Waals surface area contributed by atoms with Gasteiger partial charge in [-0.1, -0.05) is 35.9 Å². The monoisotopic (exact) mass is 663 g/mol. The van der Waals surface area contributed by atoms with E-state index < -0.39 is 23.8 Å². The Morgan fingerprint density at radius 3 is 2.40 bits per heavy atom. The van der Waals surface area contributed by atoms with Crippen LogP contribution in [0.2, 0.25) is 5.02 Å². The van der Waals surface area contributed by atoms with Crippen molar-refractivity contribution in [2.24, 2.45) is 0 Å². The number of halogens is 3. The first-order chi connectivity index (χ1) is 22.6. The van der Waals surface area contributed by atoms with E-state index in [9.17, 15) is 14.4 Å². The molecule has 3 saturated heterocycles. The van der Waals surface area contributed by atoms with Gasteiger partial charge in [-0.3, -0.25) is 24.6 Å². The van der Waals surface area contributed by atoms with Crippen LogP contribution >= 0.6 is 11.6 Å². The van der Waals surface area contributed by atoms with Crippen LogP contribution < -0.4 is 15.5 Å². The molecule has 5 heterocycles. The first kappa shape index (κ1) is 31.4. The fourth-order valence-corrected chi connectivity index (χ4v) is 7.39. The predicted octanol–water partition coefficient (Wildman–Crippen LogP) is 4.60. The van der Waals surface area contributed by atoms with Gasteiger partial charge in [-0.05, 0) is 67.1 Å². The van der Waals surface area contributed by atoms with Crippen LogP contribution in [0.25, 0.3) is 0 Å². The van der Waals surface area contributed by atoms with Gasteiger partial charge in [-0.2, -0.15) is 0 Å². The minimum absolute atomic E-state index is 0.163. The Morgan fingerprint density at radius 1 is 0.957 bits per heavy atom. The molecular weight excluding hydrogens is 628 g/mol. The number of nitrogens with zero attached hydrogens (tertiary/aromatic N) is 5. The molecule has 4 aliphatic rings. The lowest BCUT2D eigenvalue weighted by Crippen LogP contribution is -2.52. The second kappa shape index (κ2) is 12.8. The Bertz CT molecular complexity index is 1670. The highest BCUT2D eigenvalue weighted by atomic mass is 35.5. The molecule has 4 aliphatic heterocycles. The van der Waals surface area contributed by atoms with Crippen molar-refractivity contribution in [3.63, 3.8) is 0 Å². The summed E-state index contributed by atoms with van der Waals surface area (Å²) in [6.45, 7) is 2.55. The molecule has 7 rings (SSSR count). The van der Waals surface area contributed by atoms with Crippen molar-refractivity contribution in [1.82, 2.24) is 25.1 Å². The van der Waals surface area contributed by atoms with E-state index in [0.29, 0.717) is 47.2 Å². The number of benzene rings is 2. The maximum absolute atomic E-state index is 15.7. The van der Waals surface area contributed by atoms with Crippen molar-refractivity contribution in [2.75, 3.05) is 36.4 Å². The van der Waals surface area contributed by atoms with Crippen molar-refractivity contribution in [3.05, 3.63) is 82.1 Å². The van der Waals surface area contributed by atoms with Crippen molar-refractivity contribution in [1.29, 1.82) is 0 Å². The van der Waals surface area contributed by atoms with Crippen LogP contribution in [0.4, 0.5) is 20.4 Å². The van der Waals surface area contributed by atoms with Crippen LogP contribution in [0.1, 0.15) is 65.1 Å². The van der Waals surface area contributed by atoms with Crippen LogP contribution in [0.5, 0.6) is 0 Å². The summed E-state index contributed by atoms with van der Waals surface area (Å²) in [4.78, 5) is 51.0. The fourth-order valence-electron chi connectivity index (χ4n) is 7.29. The number of rotatable bonds is 7. The van der Waals surface area contributed by atoms with Crippen LogP contribution in [-0.2, 0) is 22.7 Å². The van der Waals surface area contributed by atoms with E-state index in [1.165, 1.54) is 4.90 Å². The van der Waals surface area contributed by atoms with E-state index in [4.69, 9.17) is 11.6 Å². The molecule has 0 radical (unpaired) electrons. The summed E-state index contributed by atoms with van der Waals surface area (Å²) >= 11 is 5.88. The predicted molar refractivity (Wildman–Crippen MR) is 172 cm³/mol. The zero-order valence-corrected chi connectivity index (χ0v) is 26.6. The van der Waals surface area contributed by atoms with Gasteiger partial charge in [0.1, 0.15) is 6.04 Å². The SMILES string of the molecule is O=C1CCC(N2Cc3cc([C@H]4CCN(Cc5ccc(N6CCC(Nc7ncc(Cl)cn7)CC6)cc5)CC4(F)F)ccc3C2=O)C(=O)N1. The van der Waals surface area contributed by atoms with Gasteiger partial charge >= 0.3 is 0 Å². The molecular formula is C34H36ClF2N7O3. The molecule has 3 aromatic rings. The van der Waals surface area contributed by atoms with Crippen molar-refractivity contribution >= 4 is 41.0 Å². The van der Waals surface area contributed by atoms with Gasteiger partial charge in [0.25, 0.3) is 11.8 Å². The molecule has 2 atom stereocenters. The number of anilines is 2. The smallest absolute Gasteiger partial charge is 0.267 e. The topological polar surface area (TPSA) is 111 Å². The second-order valence-corrected chi connectivity index (χ2v) is 13.4. The molecule has 10 nitrogen and oxygen atoms in total. The number of hydrogen-bond donors (Lipinski definition) is 2. The molecule has 246 valence electrons. The maximum Gasteiger partial charge on any atom is 0.267 e. The van der Waals surface area contributed by atoms with Crippen LogP contribution in [-0.4, -0.2) is 81.7 Å². The van der Waals surface area contributed by atoms with Crippen molar-refractivity contribution < 1.29 is 23.2 Å². The number of imide groups is 1. The van der Waals surface area contributed by atoms with Crippen molar-refractivity contribution in [3.8, 4) is 0 Å². The van der Waals surface area contributed by atoms with Gasteiger partial charge in [0.15, 0.2) is 0 Å². The standard InChI is InChI=1S/C34H36ClF2N7O3/c35-24-16-38-33(39-17-24)40-25-9-13-43(14-10-25)26-4-1-21(2-5-26)18-42-12-11-28(34(36,37)20-42)22-3-6-27-23(15-22)19-44(32(27)47)29-7-8-30(45)41-31(29)46/h1-6,15-17,25,28-29H,7-14,18-20H2,(H,38,39,40)(H,41,45,46)/t28-,29?/m1/s1. The molecule has 3 amide bonds. The van der Waals surface area contributed by atoms with Gasteiger partial charge < -0.3 is 15.1 Å². The van der Waals surface area contributed by atoms with E-state index in [0.717, 1.165) is 37.2 Å². The van der Waals surface area contributed by atoms with E-state index in [1.807, 2.05) is 17.0 Å². The first-order valence-electron chi connectivity index (χ1n) is 16.1. The molecule has 2 aromatic carbocycles. The Balaban J connectivity index is 0.925. The highest BCUT2D eigenvalue weighted by Gasteiger charge is 2.46. The average molecular weight is 664 g/mol. The summed E-state index contributed by atoms with van der Waals surface area (Å²) in [5.41, 5.74) is 3.69. The Kier molecular flexibility index (Phi) is 8.56. The zero-order valence-electron chi connectivity index (χ0n) is 25.8.